The van der Waals surface area contributed by atoms with Crippen LogP contribution in [-0.4, -0.2) is 27.7 Å². The van der Waals surface area contributed by atoms with E-state index in [0.29, 0.717) is 12.1 Å². The van der Waals surface area contributed by atoms with E-state index in [-0.39, 0.29) is 12.0 Å². The summed E-state index contributed by atoms with van der Waals surface area (Å²) in [6.45, 7) is 1.38. The summed E-state index contributed by atoms with van der Waals surface area (Å²) >= 11 is 0. The molecule has 1 aromatic rings. The predicted octanol–water partition coefficient (Wildman–Crippen LogP) is 3.34. The van der Waals surface area contributed by atoms with Crippen molar-refractivity contribution in [2.75, 3.05) is 6.26 Å². The van der Waals surface area contributed by atoms with Crippen LogP contribution in [-0.2, 0) is 23.1 Å². The van der Waals surface area contributed by atoms with Gasteiger partial charge in [0.2, 0.25) is 0 Å². The summed E-state index contributed by atoms with van der Waals surface area (Å²) in [7, 11) is -2.20. The molecule has 0 saturated heterocycles. The van der Waals surface area contributed by atoms with Crippen molar-refractivity contribution in [3.05, 3.63) is 28.8 Å². The molecule has 1 N–H and O–H groups in total. The highest BCUT2D eigenvalue weighted by atomic mass is 32.2. The Morgan fingerprint density at radius 3 is 2.10 bits per heavy atom. The largest absolute Gasteiger partial charge is 0.478 e. The number of benzene rings is 1. The van der Waals surface area contributed by atoms with Gasteiger partial charge in [-0.2, -0.15) is 22.0 Å². The van der Waals surface area contributed by atoms with Crippen LogP contribution in [0.15, 0.2) is 17.0 Å². The van der Waals surface area contributed by atoms with Crippen LogP contribution in [0.5, 0.6) is 0 Å². The molecule has 1 atom stereocenters. The highest BCUT2D eigenvalue weighted by Gasteiger charge is 2.60. The Hall–Kier alpha value is -1.51. The summed E-state index contributed by atoms with van der Waals surface area (Å²) in [6, 6.07) is 1.04. The third-order valence-electron chi connectivity index (χ3n) is 2.83. The number of carboxylic acids is 1. The number of hydrogen-bond acceptors (Lipinski definition) is 2. The molecule has 1 aromatic carbocycles. The monoisotopic (exact) mass is 330 g/mol. The molecule has 1 rings (SSSR count). The molecule has 0 amide bonds. The first kappa shape index (κ1) is 17.5. The summed E-state index contributed by atoms with van der Waals surface area (Å²) in [5.41, 5.74) is -2.20. The van der Waals surface area contributed by atoms with Gasteiger partial charge in [0, 0.05) is 11.8 Å². The van der Waals surface area contributed by atoms with Crippen LogP contribution in [0.4, 0.5) is 22.0 Å². The van der Waals surface area contributed by atoms with Crippen molar-refractivity contribution in [3.63, 3.8) is 0 Å². The topological polar surface area (TPSA) is 54.4 Å². The van der Waals surface area contributed by atoms with E-state index < -0.39 is 44.9 Å². The van der Waals surface area contributed by atoms with Crippen LogP contribution in [0.2, 0.25) is 0 Å². The van der Waals surface area contributed by atoms with Crippen LogP contribution in [0.3, 0.4) is 0 Å². The quantitative estimate of drug-likeness (QED) is 0.862. The molecule has 0 bridgehead atoms. The molecular formula is C12H11F5O3S. The van der Waals surface area contributed by atoms with Crippen molar-refractivity contribution < 1.29 is 36.1 Å². The van der Waals surface area contributed by atoms with Gasteiger partial charge in [-0.15, -0.1) is 0 Å². The lowest BCUT2D eigenvalue weighted by Crippen LogP contribution is -2.35. The maximum Gasteiger partial charge on any atom is 0.458 e. The lowest BCUT2D eigenvalue weighted by atomic mass is 9.98. The first-order valence-corrected chi connectivity index (χ1v) is 7.18. The van der Waals surface area contributed by atoms with E-state index >= 15 is 0 Å². The SMILES string of the molecule is CCc1c(C(=O)O)ccc(C(F)(F)C(F)(F)F)c1[S@](C)=O. The lowest BCUT2D eigenvalue weighted by Gasteiger charge is -2.24. The molecule has 118 valence electrons. The molecule has 0 heterocycles. The molecule has 0 aromatic heterocycles. The van der Waals surface area contributed by atoms with Gasteiger partial charge in [0.1, 0.15) is 0 Å². The number of rotatable bonds is 4. The van der Waals surface area contributed by atoms with Crippen molar-refractivity contribution >= 4 is 16.8 Å². The number of alkyl halides is 5. The highest BCUT2D eigenvalue weighted by Crippen LogP contribution is 2.46. The zero-order chi connectivity index (χ0) is 16.6. The minimum atomic E-state index is -5.86. The molecule has 0 radical (unpaired) electrons. The normalized spacial score (nSPS) is 14.0. The van der Waals surface area contributed by atoms with E-state index in [9.17, 15) is 31.0 Å². The summed E-state index contributed by atoms with van der Waals surface area (Å²) in [6.07, 6.45) is -5.08. The molecule has 21 heavy (non-hydrogen) atoms. The Bertz CT molecular complexity index is 595. The van der Waals surface area contributed by atoms with Crippen molar-refractivity contribution in [1.29, 1.82) is 0 Å². The zero-order valence-corrected chi connectivity index (χ0v) is 11.7. The van der Waals surface area contributed by atoms with Crippen LogP contribution >= 0.6 is 0 Å². The van der Waals surface area contributed by atoms with Crippen LogP contribution in [0, 0.1) is 0 Å². The molecular weight excluding hydrogens is 319 g/mol. The summed E-state index contributed by atoms with van der Waals surface area (Å²) < 4.78 is 76.1. The van der Waals surface area contributed by atoms with E-state index in [4.69, 9.17) is 5.11 Å². The molecule has 0 aliphatic heterocycles. The molecule has 3 nitrogen and oxygen atoms in total. The summed E-state index contributed by atoms with van der Waals surface area (Å²) in [5, 5.41) is 8.95. The fourth-order valence-corrected chi connectivity index (χ4v) is 3.01. The van der Waals surface area contributed by atoms with Crippen molar-refractivity contribution in [2.45, 2.75) is 30.3 Å². The summed E-state index contributed by atoms with van der Waals surface area (Å²) in [4.78, 5) is 10.2. The Morgan fingerprint density at radius 2 is 1.76 bits per heavy atom. The van der Waals surface area contributed by atoms with Crippen LogP contribution < -0.4 is 0 Å². The van der Waals surface area contributed by atoms with E-state index in [1.54, 1.807) is 0 Å². The fraction of sp³-hybridized carbons (Fsp3) is 0.417. The fourth-order valence-electron chi connectivity index (χ4n) is 1.91. The summed E-state index contributed by atoms with van der Waals surface area (Å²) in [5.74, 6) is -6.70. The van der Waals surface area contributed by atoms with Gasteiger partial charge in [-0.25, -0.2) is 4.79 Å². The maximum absolute atomic E-state index is 13.5. The first-order valence-electron chi connectivity index (χ1n) is 5.62. The van der Waals surface area contributed by atoms with Crippen molar-refractivity contribution in [2.24, 2.45) is 0 Å². The molecule has 0 aliphatic rings. The third-order valence-corrected chi connectivity index (χ3v) is 3.87. The number of halogens is 5. The van der Waals surface area contributed by atoms with Crippen molar-refractivity contribution in [3.8, 4) is 0 Å². The maximum atomic E-state index is 13.5. The second-order valence-electron chi connectivity index (χ2n) is 4.15. The molecule has 0 saturated carbocycles. The van der Waals surface area contributed by atoms with Crippen LogP contribution in [0.25, 0.3) is 0 Å². The second kappa shape index (κ2) is 5.70. The first-order chi connectivity index (χ1) is 9.45. The van der Waals surface area contributed by atoms with E-state index in [2.05, 4.69) is 0 Å². The predicted molar refractivity (Wildman–Crippen MR) is 65.1 cm³/mol. The van der Waals surface area contributed by atoms with E-state index in [1.807, 2.05) is 0 Å². The Balaban J connectivity index is 3.78. The molecule has 0 spiro atoms. The average Bonchev–Trinajstić information content (AvgIpc) is 2.34. The smallest absolute Gasteiger partial charge is 0.458 e. The van der Waals surface area contributed by atoms with Crippen LogP contribution in [0.1, 0.15) is 28.4 Å². The minimum absolute atomic E-state index is 0.141. The molecule has 0 aliphatic carbocycles. The number of carbonyl (C=O) groups is 1. The Labute approximate surface area is 119 Å². The number of aromatic carboxylic acids is 1. The van der Waals surface area contributed by atoms with E-state index in [0.717, 1.165) is 6.26 Å². The Kier molecular flexibility index (Phi) is 4.76. The molecule has 0 fully saturated rings. The van der Waals surface area contributed by atoms with E-state index in [1.165, 1.54) is 6.92 Å². The minimum Gasteiger partial charge on any atom is -0.478 e. The molecule has 0 unspecified atom stereocenters. The van der Waals surface area contributed by atoms with Gasteiger partial charge in [0.15, 0.2) is 0 Å². The van der Waals surface area contributed by atoms with Gasteiger partial charge in [-0.1, -0.05) is 13.0 Å². The highest BCUT2D eigenvalue weighted by molar-refractivity contribution is 7.84. The van der Waals surface area contributed by atoms with Gasteiger partial charge in [-0.3, -0.25) is 4.21 Å². The third kappa shape index (κ3) is 3.07. The number of carboxylic acid groups (broad SMARTS) is 1. The van der Waals surface area contributed by atoms with Gasteiger partial charge in [0.25, 0.3) is 0 Å². The zero-order valence-electron chi connectivity index (χ0n) is 10.9. The lowest BCUT2D eigenvalue weighted by molar-refractivity contribution is -0.290. The van der Waals surface area contributed by atoms with Gasteiger partial charge >= 0.3 is 18.1 Å². The van der Waals surface area contributed by atoms with Gasteiger partial charge < -0.3 is 5.11 Å². The standard InChI is InChI=1S/C12H11F5O3S/c1-3-6-7(10(18)19)4-5-8(9(6)21(2)20)11(13,14)12(15,16)17/h4-5H,3H2,1-2H3,(H,18,19)/t21-/m0/s1. The van der Waals surface area contributed by atoms with Gasteiger partial charge in [-0.05, 0) is 18.1 Å². The van der Waals surface area contributed by atoms with Gasteiger partial charge in [0.05, 0.1) is 21.3 Å². The molecule has 9 heteroatoms. The van der Waals surface area contributed by atoms with Crippen molar-refractivity contribution in [1.82, 2.24) is 0 Å². The Morgan fingerprint density at radius 1 is 1.24 bits per heavy atom. The average molecular weight is 330 g/mol. The number of hydrogen-bond donors (Lipinski definition) is 1. The second-order valence-corrected chi connectivity index (χ2v) is 5.47.